The number of nitrogens with two attached hydrogens (primary N) is 1. The molecule has 0 atom stereocenters. The summed E-state index contributed by atoms with van der Waals surface area (Å²) in [6, 6.07) is 1.75. The van der Waals surface area contributed by atoms with Gasteiger partial charge in [-0.15, -0.1) is 5.10 Å². The summed E-state index contributed by atoms with van der Waals surface area (Å²) in [5.74, 6) is 0.740. The molecule has 3 aromatic rings. The van der Waals surface area contributed by atoms with E-state index in [-0.39, 0.29) is 11.8 Å². The van der Waals surface area contributed by atoms with Crippen LogP contribution >= 0.6 is 11.6 Å². The van der Waals surface area contributed by atoms with Crippen LogP contribution in [0.3, 0.4) is 0 Å². The van der Waals surface area contributed by atoms with Crippen LogP contribution in [-0.2, 0) is 0 Å². The Kier molecular flexibility index (Phi) is 3.98. The fraction of sp³-hybridized carbons (Fsp3) is 0.400. The van der Waals surface area contributed by atoms with Crippen LogP contribution in [-0.4, -0.2) is 60.7 Å². The number of fused-ring (bicyclic) bond motifs is 1. The summed E-state index contributed by atoms with van der Waals surface area (Å²) >= 11 is 6.10. The highest BCUT2D eigenvalue weighted by Gasteiger charge is 2.30. The van der Waals surface area contributed by atoms with Crippen LogP contribution in [0.2, 0.25) is 5.15 Å². The fourth-order valence-electron chi connectivity index (χ4n) is 2.97. The van der Waals surface area contributed by atoms with Gasteiger partial charge in [0.15, 0.2) is 5.15 Å². The maximum atomic E-state index is 9.38. The topological polar surface area (TPSA) is 130 Å². The van der Waals surface area contributed by atoms with Gasteiger partial charge in [-0.25, -0.2) is 9.97 Å². The maximum Gasteiger partial charge on any atom is 0.202 e. The number of nitrogens with zero attached hydrogens (tertiary/aromatic N) is 6. The second-order valence-electron chi connectivity index (χ2n) is 6.24. The Morgan fingerprint density at radius 2 is 2.16 bits per heavy atom. The molecule has 130 valence electrons. The van der Waals surface area contributed by atoms with Gasteiger partial charge < -0.3 is 15.7 Å². The number of H-pyrrole nitrogens is 1. The van der Waals surface area contributed by atoms with Crippen molar-refractivity contribution in [2.45, 2.75) is 18.4 Å². The average Bonchev–Trinajstić information content (AvgIpc) is 3.06. The second-order valence-corrected chi connectivity index (χ2v) is 6.60. The van der Waals surface area contributed by atoms with E-state index < -0.39 is 5.54 Å². The minimum atomic E-state index is -0.501. The molecular weight excluding hydrogens is 344 g/mol. The highest BCUT2D eigenvalue weighted by molar-refractivity contribution is 6.32. The number of hydrogen-bond acceptors (Lipinski definition) is 8. The third-order valence-corrected chi connectivity index (χ3v) is 4.87. The van der Waals surface area contributed by atoms with Gasteiger partial charge in [0.2, 0.25) is 5.65 Å². The Balaban J connectivity index is 1.64. The summed E-state index contributed by atoms with van der Waals surface area (Å²) in [5, 5.41) is 24.4. The Morgan fingerprint density at radius 1 is 1.36 bits per heavy atom. The molecule has 0 spiro atoms. The molecule has 4 N–H and O–H groups in total. The Labute approximate surface area is 148 Å². The third kappa shape index (κ3) is 2.90. The molecule has 3 aromatic heterocycles. The van der Waals surface area contributed by atoms with E-state index >= 15 is 0 Å². The maximum absolute atomic E-state index is 9.38. The fourth-order valence-corrected chi connectivity index (χ4v) is 3.17. The van der Waals surface area contributed by atoms with Crippen molar-refractivity contribution in [3.8, 4) is 11.3 Å². The lowest BCUT2D eigenvalue weighted by Gasteiger charge is -2.38. The predicted molar refractivity (Wildman–Crippen MR) is 93.2 cm³/mol. The number of piperidine rings is 1. The molecule has 0 unspecified atom stereocenters. The molecule has 1 aliphatic rings. The van der Waals surface area contributed by atoms with E-state index in [1.165, 1.54) is 0 Å². The van der Waals surface area contributed by atoms with Gasteiger partial charge in [0.05, 0.1) is 24.7 Å². The largest absolute Gasteiger partial charge is 0.394 e. The molecule has 25 heavy (non-hydrogen) atoms. The monoisotopic (exact) mass is 360 g/mol. The van der Waals surface area contributed by atoms with Crippen molar-refractivity contribution in [2.24, 2.45) is 5.73 Å². The lowest BCUT2D eigenvalue weighted by molar-refractivity contribution is 0.170. The van der Waals surface area contributed by atoms with Gasteiger partial charge in [0.25, 0.3) is 0 Å². The van der Waals surface area contributed by atoms with Gasteiger partial charge in [-0.05, 0) is 18.9 Å². The number of aromatic amines is 1. The van der Waals surface area contributed by atoms with E-state index in [0.29, 0.717) is 48.4 Å². The van der Waals surface area contributed by atoms with Crippen molar-refractivity contribution in [2.75, 3.05) is 24.6 Å². The zero-order valence-corrected chi connectivity index (χ0v) is 14.1. The first kappa shape index (κ1) is 16.1. The zero-order valence-electron chi connectivity index (χ0n) is 13.4. The molecule has 1 aliphatic heterocycles. The van der Waals surface area contributed by atoms with Crippen LogP contribution in [0.4, 0.5) is 5.82 Å². The molecule has 0 aromatic carbocycles. The van der Waals surface area contributed by atoms with Gasteiger partial charge in [0.1, 0.15) is 11.3 Å². The highest BCUT2D eigenvalue weighted by Crippen LogP contribution is 2.29. The number of nitrogens with one attached hydrogen (secondary N) is 1. The van der Waals surface area contributed by atoms with Crippen molar-refractivity contribution < 1.29 is 5.11 Å². The molecule has 0 bridgehead atoms. The SMILES string of the molecule is NC1(CO)CCN(c2cnc3c(-c4ccnnc4Cl)[nH]nc3n2)CC1. The molecule has 10 heteroatoms. The third-order valence-electron chi connectivity index (χ3n) is 4.59. The van der Waals surface area contributed by atoms with Crippen molar-refractivity contribution in [1.82, 2.24) is 30.4 Å². The summed E-state index contributed by atoms with van der Waals surface area (Å²) in [6.45, 7) is 1.43. The minimum absolute atomic E-state index is 0.00495. The van der Waals surface area contributed by atoms with Crippen LogP contribution < -0.4 is 10.6 Å². The highest BCUT2D eigenvalue weighted by atomic mass is 35.5. The Bertz CT molecular complexity index is 905. The molecule has 0 saturated carbocycles. The van der Waals surface area contributed by atoms with E-state index in [1.807, 2.05) is 0 Å². The number of hydrogen-bond donors (Lipinski definition) is 3. The molecule has 0 aliphatic carbocycles. The number of aliphatic hydroxyl groups excluding tert-OH is 1. The zero-order chi connectivity index (χ0) is 17.4. The van der Waals surface area contributed by atoms with Crippen LogP contribution in [0, 0.1) is 0 Å². The van der Waals surface area contributed by atoms with Crippen molar-refractivity contribution >= 4 is 28.6 Å². The van der Waals surface area contributed by atoms with E-state index in [1.54, 1.807) is 18.5 Å². The smallest absolute Gasteiger partial charge is 0.202 e. The number of aliphatic hydroxyl groups is 1. The summed E-state index contributed by atoms with van der Waals surface area (Å²) < 4.78 is 0. The quantitative estimate of drug-likeness (QED) is 0.624. The summed E-state index contributed by atoms with van der Waals surface area (Å²) in [5.41, 5.74) is 8.08. The first-order valence-corrected chi connectivity index (χ1v) is 8.31. The number of anilines is 1. The van der Waals surface area contributed by atoms with Gasteiger partial charge in [0, 0.05) is 24.2 Å². The summed E-state index contributed by atoms with van der Waals surface area (Å²) in [6.07, 6.45) is 4.68. The van der Waals surface area contributed by atoms with Gasteiger partial charge in [-0.1, -0.05) is 11.6 Å². The molecule has 9 nitrogen and oxygen atoms in total. The summed E-state index contributed by atoms with van der Waals surface area (Å²) in [4.78, 5) is 11.2. The van der Waals surface area contributed by atoms with E-state index in [4.69, 9.17) is 17.3 Å². The van der Waals surface area contributed by atoms with Crippen LogP contribution in [0.15, 0.2) is 18.5 Å². The van der Waals surface area contributed by atoms with Crippen molar-refractivity contribution in [3.63, 3.8) is 0 Å². The first-order valence-electron chi connectivity index (χ1n) is 7.93. The predicted octanol–water partition coefficient (Wildman–Crippen LogP) is 0.753. The summed E-state index contributed by atoms with van der Waals surface area (Å²) in [7, 11) is 0. The average molecular weight is 361 g/mol. The van der Waals surface area contributed by atoms with Gasteiger partial charge in [-0.3, -0.25) is 5.10 Å². The lowest BCUT2D eigenvalue weighted by Crippen LogP contribution is -2.53. The first-order chi connectivity index (χ1) is 12.1. The molecule has 1 fully saturated rings. The van der Waals surface area contributed by atoms with E-state index in [9.17, 15) is 5.11 Å². The standard InChI is InChI=1S/C15H17ClN8O/c16-13-9(1-4-19-22-13)11-12-14(23-21-11)20-10(7-18-12)24-5-2-15(17,8-25)3-6-24/h1,4,7,25H,2-3,5-6,8,17H2,(H,20,21,23). The number of aromatic nitrogens is 6. The molecule has 4 heterocycles. The lowest BCUT2D eigenvalue weighted by atomic mass is 9.90. The normalized spacial score (nSPS) is 17.2. The van der Waals surface area contributed by atoms with Crippen LogP contribution in [0.1, 0.15) is 12.8 Å². The second kappa shape index (κ2) is 6.17. The van der Waals surface area contributed by atoms with Crippen LogP contribution in [0.5, 0.6) is 0 Å². The molecule has 1 saturated heterocycles. The Morgan fingerprint density at radius 3 is 2.88 bits per heavy atom. The molecular formula is C15H17ClN8O. The van der Waals surface area contributed by atoms with Crippen molar-refractivity contribution in [1.29, 1.82) is 0 Å². The minimum Gasteiger partial charge on any atom is -0.394 e. The van der Waals surface area contributed by atoms with Crippen LogP contribution in [0.25, 0.3) is 22.4 Å². The van der Waals surface area contributed by atoms with Crippen molar-refractivity contribution in [3.05, 3.63) is 23.6 Å². The van der Waals surface area contributed by atoms with Gasteiger partial charge in [-0.2, -0.15) is 10.2 Å². The van der Waals surface area contributed by atoms with E-state index in [2.05, 4.69) is 35.3 Å². The van der Waals surface area contributed by atoms with Gasteiger partial charge >= 0.3 is 0 Å². The number of halogens is 1. The molecule has 4 rings (SSSR count). The molecule has 0 radical (unpaired) electrons. The molecule has 0 amide bonds. The Hall–Kier alpha value is -2.36. The van der Waals surface area contributed by atoms with E-state index in [0.717, 1.165) is 5.82 Å². The number of rotatable bonds is 3.